The van der Waals surface area contributed by atoms with E-state index in [0.29, 0.717) is 11.8 Å². The Morgan fingerprint density at radius 3 is 2.28 bits per heavy atom. The van der Waals surface area contributed by atoms with Gasteiger partial charge in [-0.15, -0.1) is 0 Å². The number of anilines is 1. The van der Waals surface area contributed by atoms with Gasteiger partial charge in [0.2, 0.25) is 5.41 Å². The third kappa shape index (κ3) is 1.92. The van der Waals surface area contributed by atoms with E-state index in [9.17, 15) is 15.8 Å². The molecular weight excluding hydrogens is 310 g/mol. The molecule has 2 bridgehead atoms. The van der Waals surface area contributed by atoms with Gasteiger partial charge < -0.3 is 10.6 Å². The molecule has 0 amide bonds. The zero-order chi connectivity index (χ0) is 17.6. The molecule has 4 rings (SSSR count). The molecule has 1 fully saturated rings. The first-order valence-corrected chi connectivity index (χ1v) is 8.41. The van der Waals surface area contributed by atoms with E-state index in [4.69, 9.17) is 5.73 Å². The van der Waals surface area contributed by atoms with Crippen molar-refractivity contribution >= 4 is 5.69 Å². The SMILES string of the molecule is N#CC1=C(N)N(c2ccccc2)C(C2CC3C=CC2C3)C1(C#N)C#N. The minimum Gasteiger partial charge on any atom is -0.384 e. The van der Waals surface area contributed by atoms with Crippen LogP contribution in [0.3, 0.4) is 0 Å². The second kappa shape index (κ2) is 5.40. The Morgan fingerprint density at radius 1 is 1.04 bits per heavy atom. The Balaban J connectivity index is 1.91. The summed E-state index contributed by atoms with van der Waals surface area (Å²) in [7, 11) is 0. The van der Waals surface area contributed by atoms with Crippen LogP contribution in [0.15, 0.2) is 53.9 Å². The second-order valence-electron chi connectivity index (χ2n) is 7.00. The number of benzene rings is 1. The van der Waals surface area contributed by atoms with Gasteiger partial charge in [0, 0.05) is 5.69 Å². The molecule has 1 aromatic rings. The minimum atomic E-state index is -1.53. The number of fused-ring (bicyclic) bond motifs is 2. The molecule has 122 valence electrons. The van der Waals surface area contributed by atoms with Crippen LogP contribution in [0.2, 0.25) is 0 Å². The highest BCUT2D eigenvalue weighted by molar-refractivity contribution is 5.65. The molecule has 0 radical (unpaired) electrons. The summed E-state index contributed by atoms with van der Waals surface area (Å²) in [4.78, 5) is 1.85. The molecule has 0 aromatic heterocycles. The van der Waals surface area contributed by atoms with Crippen LogP contribution >= 0.6 is 0 Å². The maximum Gasteiger partial charge on any atom is 0.202 e. The Hall–Kier alpha value is -3.23. The highest BCUT2D eigenvalue weighted by Gasteiger charge is 2.60. The largest absolute Gasteiger partial charge is 0.384 e. The first-order valence-electron chi connectivity index (χ1n) is 8.41. The number of rotatable bonds is 2. The first kappa shape index (κ1) is 15.3. The quantitative estimate of drug-likeness (QED) is 0.842. The van der Waals surface area contributed by atoms with E-state index in [1.54, 1.807) is 0 Å². The van der Waals surface area contributed by atoms with Gasteiger partial charge in [0.25, 0.3) is 0 Å². The van der Waals surface area contributed by atoms with Gasteiger partial charge in [0.15, 0.2) is 0 Å². The van der Waals surface area contributed by atoms with Crippen LogP contribution in [0.25, 0.3) is 0 Å². The molecule has 2 N–H and O–H groups in total. The van der Waals surface area contributed by atoms with Crippen LogP contribution in [0, 0.1) is 57.2 Å². The Kier molecular flexibility index (Phi) is 3.31. The van der Waals surface area contributed by atoms with Gasteiger partial charge in [0.05, 0.1) is 18.2 Å². The Labute approximate surface area is 146 Å². The van der Waals surface area contributed by atoms with E-state index in [1.807, 2.05) is 35.2 Å². The lowest BCUT2D eigenvalue weighted by atomic mass is 9.70. The number of allylic oxidation sites excluding steroid dienone is 2. The average molecular weight is 327 g/mol. The average Bonchev–Trinajstić information content (AvgIpc) is 3.33. The fourth-order valence-corrected chi connectivity index (χ4v) is 4.82. The van der Waals surface area contributed by atoms with Gasteiger partial charge in [-0.25, -0.2) is 0 Å². The summed E-state index contributed by atoms with van der Waals surface area (Å²) in [6.07, 6.45) is 6.40. The minimum absolute atomic E-state index is 0.0816. The molecule has 4 unspecified atom stereocenters. The van der Waals surface area contributed by atoms with Crippen LogP contribution in [0.1, 0.15) is 12.8 Å². The Morgan fingerprint density at radius 2 is 1.76 bits per heavy atom. The van der Waals surface area contributed by atoms with Gasteiger partial charge in [-0.2, -0.15) is 15.8 Å². The third-order valence-corrected chi connectivity index (χ3v) is 5.87. The van der Waals surface area contributed by atoms with Gasteiger partial charge in [-0.1, -0.05) is 30.4 Å². The van der Waals surface area contributed by atoms with Gasteiger partial charge in [0.1, 0.15) is 17.5 Å². The summed E-state index contributed by atoms with van der Waals surface area (Å²) in [5.41, 5.74) is 5.68. The highest BCUT2D eigenvalue weighted by Crippen LogP contribution is 2.55. The molecule has 4 atom stereocenters. The number of hydrogen-bond donors (Lipinski definition) is 1. The molecule has 0 saturated heterocycles. The van der Waals surface area contributed by atoms with Crippen molar-refractivity contribution in [1.29, 1.82) is 15.8 Å². The molecule has 3 aliphatic rings. The highest BCUT2D eigenvalue weighted by atomic mass is 15.3. The molecule has 1 aromatic carbocycles. The number of nitriles is 3. The van der Waals surface area contributed by atoms with Crippen molar-refractivity contribution < 1.29 is 0 Å². The Bertz CT molecular complexity index is 879. The predicted octanol–water partition coefficient (Wildman–Crippen LogP) is 2.81. The van der Waals surface area contributed by atoms with Crippen LogP contribution in [0.4, 0.5) is 5.69 Å². The number of nitrogens with two attached hydrogens (primary N) is 1. The second-order valence-corrected chi connectivity index (χ2v) is 7.00. The van der Waals surface area contributed by atoms with E-state index >= 15 is 0 Å². The standard InChI is InChI=1S/C20H17N5/c21-10-17-19(24)25(15-4-2-1-3-5-15)18(20(17,11-22)12-23)16-9-13-6-7-14(16)8-13/h1-7,13-14,16,18H,8-9,24H2. The number of hydrogen-bond acceptors (Lipinski definition) is 5. The van der Waals surface area contributed by atoms with Crippen LogP contribution < -0.4 is 10.6 Å². The molecule has 5 nitrogen and oxygen atoms in total. The van der Waals surface area contributed by atoms with Crippen molar-refractivity contribution in [1.82, 2.24) is 0 Å². The van der Waals surface area contributed by atoms with Crippen LogP contribution in [-0.2, 0) is 0 Å². The fraction of sp³-hybridized carbons (Fsp3) is 0.350. The van der Waals surface area contributed by atoms with Crippen molar-refractivity contribution in [2.75, 3.05) is 4.90 Å². The molecule has 1 aliphatic heterocycles. The topological polar surface area (TPSA) is 101 Å². The summed E-state index contributed by atoms with van der Waals surface area (Å²) in [6.45, 7) is 0. The lowest BCUT2D eigenvalue weighted by molar-refractivity contribution is 0.302. The molecule has 25 heavy (non-hydrogen) atoms. The molecule has 0 spiro atoms. The molecule has 2 aliphatic carbocycles. The summed E-state index contributed by atoms with van der Waals surface area (Å²) >= 11 is 0. The van der Waals surface area contributed by atoms with E-state index in [-0.39, 0.29) is 17.3 Å². The third-order valence-electron chi connectivity index (χ3n) is 5.87. The van der Waals surface area contributed by atoms with Gasteiger partial charge in [-0.05, 0) is 42.7 Å². The predicted molar refractivity (Wildman–Crippen MR) is 92.0 cm³/mol. The van der Waals surface area contributed by atoms with E-state index < -0.39 is 11.5 Å². The molecular formula is C20H17N5. The first-order chi connectivity index (χ1) is 12.2. The maximum absolute atomic E-state index is 9.94. The van der Waals surface area contributed by atoms with Crippen LogP contribution in [0.5, 0.6) is 0 Å². The summed E-state index contributed by atoms with van der Waals surface area (Å²) in [5.74, 6) is 1.18. The molecule has 1 saturated carbocycles. The van der Waals surface area contributed by atoms with Gasteiger partial charge in [-0.3, -0.25) is 0 Å². The van der Waals surface area contributed by atoms with Crippen molar-refractivity contribution in [3.8, 4) is 18.2 Å². The zero-order valence-corrected chi connectivity index (χ0v) is 13.6. The normalized spacial score (nSPS) is 31.6. The molecule has 5 heteroatoms. The van der Waals surface area contributed by atoms with Crippen molar-refractivity contribution in [2.24, 2.45) is 28.9 Å². The van der Waals surface area contributed by atoms with Crippen molar-refractivity contribution in [3.05, 3.63) is 53.9 Å². The lowest BCUT2D eigenvalue weighted by Gasteiger charge is -2.38. The van der Waals surface area contributed by atoms with Crippen molar-refractivity contribution in [2.45, 2.75) is 18.9 Å². The van der Waals surface area contributed by atoms with E-state index in [1.165, 1.54) is 0 Å². The number of nitrogens with zero attached hydrogens (tertiary/aromatic N) is 4. The summed E-state index contributed by atoms with van der Waals surface area (Å²) < 4.78 is 0. The van der Waals surface area contributed by atoms with Crippen molar-refractivity contribution in [3.63, 3.8) is 0 Å². The van der Waals surface area contributed by atoms with E-state index in [0.717, 1.165) is 18.5 Å². The molecule has 1 heterocycles. The van der Waals surface area contributed by atoms with Crippen LogP contribution in [-0.4, -0.2) is 6.04 Å². The monoisotopic (exact) mass is 327 g/mol. The van der Waals surface area contributed by atoms with Gasteiger partial charge >= 0.3 is 0 Å². The maximum atomic E-state index is 9.94. The summed E-state index contributed by atoms with van der Waals surface area (Å²) in [5, 5.41) is 29.5. The zero-order valence-electron chi connectivity index (χ0n) is 13.6. The lowest BCUT2D eigenvalue weighted by Crippen LogP contribution is -2.48. The smallest absolute Gasteiger partial charge is 0.202 e. The van der Waals surface area contributed by atoms with E-state index in [2.05, 4.69) is 30.4 Å². The summed E-state index contributed by atoms with van der Waals surface area (Å²) in [6, 6.07) is 15.4. The fourth-order valence-electron chi connectivity index (χ4n) is 4.82. The number of para-hydroxylation sites is 1.